The van der Waals surface area contributed by atoms with Crippen molar-refractivity contribution in [3.8, 4) is 0 Å². The Balaban J connectivity index is 1.65. The van der Waals surface area contributed by atoms with Crippen molar-refractivity contribution in [3.63, 3.8) is 0 Å². The highest BCUT2D eigenvalue weighted by molar-refractivity contribution is 9.10. The first-order valence-electron chi connectivity index (χ1n) is 9.61. The lowest BCUT2D eigenvalue weighted by atomic mass is 10.1. The molecule has 0 spiro atoms. The number of amidine groups is 1. The lowest BCUT2D eigenvalue weighted by Gasteiger charge is -2.30. The van der Waals surface area contributed by atoms with Gasteiger partial charge in [-0.05, 0) is 42.7 Å². The quantitative estimate of drug-likeness (QED) is 0.666. The molecule has 2 heterocycles. The lowest BCUT2D eigenvalue weighted by Crippen LogP contribution is -2.35. The van der Waals surface area contributed by atoms with Crippen LogP contribution in [-0.4, -0.2) is 38.7 Å². The first-order valence-corrected chi connectivity index (χ1v) is 11.8. The van der Waals surface area contributed by atoms with Gasteiger partial charge in [-0.1, -0.05) is 40.5 Å². The first kappa shape index (κ1) is 20.1. The van der Waals surface area contributed by atoms with Gasteiger partial charge in [0.2, 0.25) is 0 Å². The van der Waals surface area contributed by atoms with Crippen LogP contribution in [0.15, 0.2) is 56.2 Å². The first-order chi connectivity index (χ1) is 13.9. The monoisotopic (exact) mass is 475 g/mol. The normalized spacial score (nSPS) is 17.6. The molecule has 0 aliphatic carbocycles. The van der Waals surface area contributed by atoms with Crippen LogP contribution in [0.5, 0.6) is 0 Å². The number of sulfonamides is 1. The molecule has 1 saturated heterocycles. The fourth-order valence-corrected chi connectivity index (χ4v) is 5.48. The number of hydrogen-bond donors (Lipinski definition) is 0. The summed E-state index contributed by atoms with van der Waals surface area (Å²) in [4.78, 5) is 16.6. The Hall–Kier alpha value is -2.19. The average Bonchev–Trinajstić information content (AvgIpc) is 2.93. The smallest absolute Gasteiger partial charge is 0.286 e. The van der Waals surface area contributed by atoms with Crippen LogP contribution in [0, 0.1) is 0 Å². The molecule has 0 unspecified atom stereocenters. The number of nitrogens with zero attached hydrogens (tertiary/aromatic N) is 3. The summed E-state index contributed by atoms with van der Waals surface area (Å²) in [5, 5.41) is 0. The van der Waals surface area contributed by atoms with Crippen LogP contribution in [0.25, 0.3) is 0 Å². The van der Waals surface area contributed by atoms with Crippen molar-refractivity contribution in [2.45, 2.75) is 37.1 Å². The highest BCUT2D eigenvalue weighted by atomic mass is 79.9. The van der Waals surface area contributed by atoms with Crippen LogP contribution in [-0.2, 0) is 16.6 Å². The van der Waals surface area contributed by atoms with Gasteiger partial charge in [0.15, 0.2) is 0 Å². The zero-order valence-electron chi connectivity index (χ0n) is 16.1. The molecule has 0 atom stereocenters. The molecule has 1 amide bonds. The molecule has 2 aromatic rings. The van der Waals surface area contributed by atoms with Crippen molar-refractivity contribution in [2.75, 3.05) is 18.5 Å². The zero-order chi connectivity index (χ0) is 20.6. The second-order valence-electron chi connectivity index (χ2n) is 7.38. The Labute approximate surface area is 179 Å². The number of benzene rings is 2. The van der Waals surface area contributed by atoms with Gasteiger partial charge in [-0.3, -0.25) is 4.79 Å². The van der Waals surface area contributed by atoms with Crippen molar-refractivity contribution in [1.29, 1.82) is 0 Å². The molecule has 152 valence electrons. The maximum Gasteiger partial charge on any atom is 0.286 e. The molecule has 2 aliphatic heterocycles. The van der Waals surface area contributed by atoms with Crippen LogP contribution in [0.4, 0.5) is 5.69 Å². The van der Waals surface area contributed by atoms with E-state index in [4.69, 9.17) is 0 Å². The summed E-state index contributed by atoms with van der Waals surface area (Å²) in [6, 6.07) is 12.6. The summed E-state index contributed by atoms with van der Waals surface area (Å²) >= 11 is 3.50. The molecule has 0 aromatic heterocycles. The van der Waals surface area contributed by atoms with Gasteiger partial charge in [0.1, 0.15) is 10.7 Å². The van der Waals surface area contributed by atoms with E-state index in [1.165, 1.54) is 6.07 Å². The van der Waals surface area contributed by atoms with Gasteiger partial charge in [-0.2, -0.15) is 8.42 Å². The number of halogens is 1. The van der Waals surface area contributed by atoms with Gasteiger partial charge < -0.3 is 9.80 Å². The van der Waals surface area contributed by atoms with E-state index >= 15 is 0 Å². The van der Waals surface area contributed by atoms with E-state index in [2.05, 4.69) is 20.3 Å². The summed E-state index contributed by atoms with van der Waals surface area (Å²) in [6.45, 7) is 1.16. The molecule has 6 nitrogen and oxygen atoms in total. The van der Waals surface area contributed by atoms with Crippen LogP contribution in [0.2, 0.25) is 0 Å². The number of hydrogen-bond acceptors (Lipinski definition) is 4. The van der Waals surface area contributed by atoms with E-state index in [1.807, 2.05) is 29.2 Å². The average molecular weight is 476 g/mol. The lowest BCUT2D eigenvalue weighted by molar-refractivity contribution is 0.0784. The second-order valence-corrected chi connectivity index (χ2v) is 9.81. The third-order valence-electron chi connectivity index (χ3n) is 5.31. The molecule has 0 N–H and O–H groups in total. The van der Waals surface area contributed by atoms with Crippen molar-refractivity contribution in [1.82, 2.24) is 4.90 Å². The number of fused-ring (bicyclic) bond motifs is 3. The number of carbonyl (C=O) groups excluding carboxylic acids is 1. The van der Waals surface area contributed by atoms with E-state index in [1.54, 1.807) is 24.1 Å². The standard InChI is InChI=1S/C21H22BrN3O3S/c1-24(14-16-7-4-5-8-17(16)22)21(26)15-10-11-18-19(13-15)29(27,28)23-20-9-3-2-6-12-25(18)20/h4-5,7-8,10-11,13H,2-3,6,9,12,14H2,1H3. The van der Waals surface area contributed by atoms with Crippen LogP contribution in [0.1, 0.15) is 41.6 Å². The van der Waals surface area contributed by atoms with Gasteiger partial charge in [-0.25, -0.2) is 0 Å². The Morgan fingerprint density at radius 3 is 2.76 bits per heavy atom. The highest BCUT2D eigenvalue weighted by Gasteiger charge is 2.32. The van der Waals surface area contributed by atoms with Crippen molar-refractivity contribution in [3.05, 3.63) is 58.1 Å². The SMILES string of the molecule is CN(Cc1ccccc1Br)C(=O)c1ccc2c(c1)S(=O)(=O)N=C1CCCCCN12. The molecule has 8 heteroatoms. The predicted octanol–water partition coefficient (Wildman–Crippen LogP) is 4.20. The Morgan fingerprint density at radius 2 is 1.97 bits per heavy atom. The fraction of sp³-hybridized carbons (Fsp3) is 0.333. The molecule has 29 heavy (non-hydrogen) atoms. The van der Waals surface area contributed by atoms with E-state index < -0.39 is 10.0 Å². The van der Waals surface area contributed by atoms with Crippen molar-refractivity contribution < 1.29 is 13.2 Å². The highest BCUT2D eigenvalue weighted by Crippen LogP contribution is 2.35. The molecule has 0 radical (unpaired) electrons. The van der Waals surface area contributed by atoms with Gasteiger partial charge in [-0.15, -0.1) is 4.40 Å². The number of amides is 1. The minimum atomic E-state index is -3.81. The molecule has 0 saturated carbocycles. The number of rotatable bonds is 3. The maximum atomic E-state index is 13.0. The number of anilines is 1. The third-order valence-corrected chi connectivity index (χ3v) is 7.41. The molecular weight excluding hydrogens is 454 g/mol. The van der Waals surface area contributed by atoms with Crippen LogP contribution >= 0.6 is 15.9 Å². The van der Waals surface area contributed by atoms with Crippen molar-refractivity contribution in [2.24, 2.45) is 4.40 Å². The minimum absolute atomic E-state index is 0.114. The maximum absolute atomic E-state index is 13.0. The second kappa shape index (κ2) is 7.91. The molecule has 2 aliphatic rings. The predicted molar refractivity (Wildman–Crippen MR) is 117 cm³/mol. The van der Waals surface area contributed by atoms with Crippen LogP contribution in [0.3, 0.4) is 0 Å². The molecule has 0 bridgehead atoms. The molecule has 1 fully saturated rings. The van der Waals surface area contributed by atoms with E-state index in [-0.39, 0.29) is 10.8 Å². The van der Waals surface area contributed by atoms with E-state index in [9.17, 15) is 13.2 Å². The summed E-state index contributed by atoms with van der Waals surface area (Å²) in [5.74, 6) is 0.379. The molecule has 2 aromatic carbocycles. The van der Waals surface area contributed by atoms with Crippen molar-refractivity contribution >= 4 is 43.4 Å². The van der Waals surface area contributed by atoms with Gasteiger partial charge in [0, 0.05) is 36.6 Å². The topological polar surface area (TPSA) is 70.0 Å². The van der Waals surface area contributed by atoms with E-state index in [0.717, 1.165) is 35.8 Å². The van der Waals surface area contributed by atoms with E-state index in [0.29, 0.717) is 30.1 Å². The summed E-state index contributed by atoms with van der Waals surface area (Å²) in [5.41, 5.74) is 1.95. The third kappa shape index (κ3) is 3.96. The Kier molecular flexibility index (Phi) is 5.48. The van der Waals surface area contributed by atoms with Gasteiger partial charge >= 0.3 is 0 Å². The molecular formula is C21H22BrN3O3S. The Bertz CT molecular complexity index is 1100. The largest absolute Gasteiger partial charge is 0.337 e. The van der Waals surface area contributed by atoms with Gasteiger partial charge in [0.25, 0.3) is 15.9 Å². The summed E-state index contributed by atoms with van der Waals surface area (Å²) in [7, 11) is -2.10. The van der Waals surface area contributed by atoms with Crippen LogP contribution < -0.4 is 4.90 Å². The summed E-state index contributed by atoms with van der Waals surface area (Å²) in [6.07, 6.45) is 3.65. The fourth-order valence-electron chi connectivity index (χ4n) is 3.79. The summed E-state index contributed by atoms with van der Waals surface area (Å²) < 4.78 is 30.5. The zero-order valence-corrected chi connectivity index (χ0v) is 18.5. The minimum Gasteiger partial charge on any atom is -0.337 e. The number of carbonyl (C=O) groups is 1. The van der Waals surface area contributed by atoms with Gasteiger partial charge in [0.05, 0.1) is 5.69 Å². The molecule has 4 rings (SSSR count). The Morgan fingerprint density at radius 1 is 1.17 bits per heavy atom.